The predicted octanol–water partition coefficient (Wildman–Crippen LogP) is 3.52. The smallest absolute Gasteiger partial charge is 0.259 e. The van der Waals surface area contributed by atoms with E-state index in [2.05, 4.69) is 5.32 Å². The topological polar surface area (TPSA) is 75.3 Å². The van der Waals surface area contributed by atoms with Gasteiger partial charge >= 0.3 is 0 Å². The van der Waals surface area contributed by atoms with Crippen molar-refractivity contribution in [1.29, 1.82) is 0 Å². The van der Waals surface area contributed by atoms with Crippen molar-refractivity contribution in [2.75, 3.05) is 11.1 Å². The van der Waals surface area contributed by atoms with E-state index in [4.69, 9.17) is 5.73 Å². The zero-order valence-electron chi connectivity index (χ0n) is 11.5. The largest absolute Gasteiger partial charge is 0.506 e. The number of nitrogen functional groups attached to an aromatic ring is 1. The second-order valence-corrected chi connectivity index (χ2v) is 4.88. The molecule has 0 bridgehead atoms. The van der Waals surface area contributed by atoms with Gasteiger partial charge in [-0.2, -0.15) is 0 Å². The SMILES string of the molecule is Nc1ccc(F)c(NC(=O)c2ccc3ccccc3c2O)c1. The number of amides is 1. The number of halogens is 1. The van der Waals surface area contributed by atoms with Gasteiger partial charge in [-0.25, -0.2) is 4.39 Å². The number of rotatable bonds is 2. The quantitative estimate of drug-likeness (QED) is 0.633. The van der Waals surface area contributed by atoms with Crippen molar-refractivity contribution in [2.45, 2.75) is 0 Å². The Hall–Kier alpha value is -3.08. The number of hydrogen-bond donors (Lipinski definition) is 3. The van der Waals surface area contributed by atoms with Crippen LogP contribution in [0.1, 0.15) is 10.4 Å². The highest BCUT2D eigenvalue weighted by molar-refractivity contribution is 6.10. The Bertz CT molecular complexity index is 878. The van der Waals surface area contributed by atoms with Gasteiger partial charge in [0.25, 0.3) is 5.91 Å². The number of anilines is 2. The molecule has 0 fully saturated rings. The minimum Gasteiger partial charge on any atom is -0.506 e. The van der Waals surface area contributed by atoms with Crippen LogP contribution in [0.5, 0.6) is 5.75 Å². The lowest BCUT2D eigenvalue weighted by molar-refractivity contribution is 0.102. The van der Waals surface area contributed by atoms with Crippen LogP contribution in [0, 0.1) is 5.82 Å². The lowest BCUT2D eigenvalue weighted by Crippen LogP contribution is -2.13. The lowest BCUT2D eigenvalue weighted by Gasteiger charge is -2.10. The van der Waals surface area contributed by atoms with Crippen LogP contribution >= 0.6 is 0 Å². The summed E-state index contributed by atoms with van der Waals surface area (Å²) in [5, 5.41) is 14.0. The monoisotopic (exact) mass is 296 g/mol. The summed E-state index contributed by atoms with van der Waals surface area (Å²) < 4.78 is 13.7. The maximum Gasteiger partial charge on any atom is 0.259 e. The summed E-state index contributed by atoms with van der Waals surface area (Å²) in [5.74, 6) is -1.34. The van der Waals surface area contributed by atoms with E-state index in [1.54, 1.807) is 18.2 Å². The summed E-state index contributed by atoms with van der Waals surface area (Å²) >= 11 is 0. The first-order chi connectivity index (χ1) is 10.6. The second-order valence-electron chi connectivity index (χ2n) is 4.88. The van der Waals surface area contributed by atoms with Gasteiger partial charge in [-0.05, 0) is 29.7 Å². The van der Waals surface area contributed by atoms with E-state index >= 15 is 0 Å². The molecule has 0 saturated carbocycles. The number of phenolic OH excluding ortho intramolecular Hbond substituents is 1. The maximum atomic E-state index is 13.7. The molecule has 0 aliphatic carbocycles. The van der Waals surface area contributed by atoms with E-state index in [-0.39, 0.29) is 17.0 Å². The maximum absolute atomic E-state index is 13.7. The summed E-state index contributed by atoms with van der Waals surface area (Å²) in [6, 6.07) is 14.3. The minimum atomic E-state index is -0.604. The first-order valence-electron chi connectivity index (χ1n) is 6.63. The van der Waals surface area contributed by atoms with Gasteiger partial charge in [0, 0.05) is 11.1 Å². The van der Waals surface area contributed by atoms with Gasteiger partial charge in [-0.15, -0.1) is 0 Å². The Morgan fingerprint density at radius 2 is 1.86 bits per heavy atom. The van der Waals surface area contributed by atoms with E-state index < -0.39 is 11.7 Å². The fraction of sp³-hybridized carbons (Fsp3) is 0. The van der Waals surface area contributed by atoms with Crippen molar-refractivity contribution >= 4 is 28.1 Å². The van der Waals surface area contributed by atoms with Gasteiger partial charge in [0.2, 0.25) is 0 Å². The summed E-state index contributed by atoms with van der Waals surface area (Å²) in [6.07, 6.45) is 0. The zero-order chi connectivity index (χ0) is 15.7. The molecule has 110 valence electrons. The van der Waals surface area contributed by atoms with Crippen LogP contribution < -0.4 is 11.1 Å². The van der Waals surface area contributed by atoms with E-state index in [1.807, 2.05) is 12.1 Å². The molecule has 0 saturated heterocycles. The highest BCUT2D eigenvalue weighted by atomic mass is 19.1. The highest BCUT2D eigenvalue weighted by Crippen LogP contribution is 2.29. The van der Waals surface area contributed by atoms with Crippen LogP contribution in [0.2, 0.25) is 0 Å². The van der Waals surface area contributed by atoms with Gasteiger partial charge in [-0.1, -0.05) is 30.3 Å². The fourth-order valence-electron chi connectivity index (χ4n) is 2.27. The van der Waals surface area contributed by atoms with Gasteiger partial charge in [0.1, 0.15) is 11.6 Å². The Balaban J connectivity index is 1.99. The summed E-state index contributed by atoms with van der Waals surface area (Å²) in [5.41, 5.74) is 5.95. The number of nitrogens with one attached hydrogen (secondary N) is 1. The molecular formula is C17H13FN2O2. The fourth-order valence-corrected chi connectivity index (χ4v) is 2.27. The standard InChI is InChI=1S/C17H13FN2O2/c18-14-8-6-11(19)9-15(14)20-17(22)13-7-5-10-3-1-2-4-12(10)16(13)21/h1-9,21H,19H2,(H,20,22). The Morgan fingerprint density at radius 1 is 1.09 bits per heavy atom. The van der Waals surface area contributed by atoms with E-state index in [9.17, 15) is 14.3 Å². The number of aromatic hydroxyl groups is 1. The van der Waals surface area contributed by atoms with Crippen molar-refractivity contribution < 1.29 is 14.3 Å². The average molecular weight is 296 g/mol. The average Bonchev–Trinajstić information content (AvgIpc) is 2.51. The number of carbonyl (C=O) groups excluding carboxylic acids is 1. The highest BCUT2D eigenvalue weighted by Gasteiger charge is 2.15. The van der Waals surface area contributed by atoms with Gasteiger partial charge < -0.3 is 16.2 Å². The van der Waals surface area contributed by atoms with Crippen molar-refractivity contribution in [3.8, 4) is 5.75 Å². The first kappa shape index (κ1) is 13.9. The third-order valence-electron chi connectivity index (χ3n) is 3.38. The van der Waals surface area contributed by atoms with Crippen LogP contribution in [0.3, 0.4) is 0 Å². The molecule has 0 atom stereocenters. The van der Waals surface area contributed by atoms with E-state index in [0.29, 0.717) is 11.1 Å². The number of fused-ring (bicyclic) bond motifs is 1. The van der Waals surface area contributed by atoms with Crippen molar-refractivity contribution in [3.63, 3.8) is 0 Å². The molecule has 3 rings (SSSR count). The van der Waals surface area contributed by atoms with Gasteiger partial charge in [-0.3, -0.25) is 4.79 Å². The molecule has 3 aromatic carbocycles. The van der Waals surface area contributed by atoms with Gasteiger partial charge in [0.05, 0.1) is 11.3 Å². The molecule has 4 nitrogen and oxygen atoms in total. The van der Waals surface area contributed by atoms with Crippen molar-refractivity contribution in [3.05, 3.63) is 66.0 Å². The second kappa shape index (κ2) is 5.37. The van der Waals surface area contributed by atoms with Crippen LogP contribution in [-0.4, -0.2) is 11.0 Å². The number of nitrogens with two attached hydrogens (primary N) is 1. The summed E-state index contributed by atoms with van der Waals surface area (Å²) in [6.45, 7) is 0. The Kier molecular flexibility index (Phi) is 3.39. The van der Waals surface area contributed by atoms with Crippen LogP contribution in [0.25, 0.3) is 10.8 Å². The molecule has 3 aromatic rings. The predicted molar refractivity (Wildman–Crippen MR) is 84.4 cm³/mol. The molecule has 0 aromatic heterocycles. The molecule has 0 heterocycles. The lowest BCUT2D eigenvalue weighted by atomic mass is 10.0. The number of hydrogen-bond acceptors (Lipinski definition) is 3. The number of carbonyl (C=O) groups is 1. The molecular weight excluding hydrogens is 283 g/mol. The summed E-state index contributed by atoms with van der Waals surface area (Å²) in [4.78, 5) is 12.3. The molecule has 22 heavy (non-hydrogen) atoms. The molecule has 0 aliphatic rings. The van der Waals surface area contributed by atoms with E-state index in [1.165, 1.54) is 24.3 Å². The molecule has 0 spiro atoms. The molecule has 4 N–H and O–H groups in total. The van der Waals surface area contributed by atoms with Crippen molar-refractivity contribution in [2.24, 2.45) is 0 Å². The summed E-state index contributed by atoms with van der Waals surface area (Å²) in [7, 11) is 0. The normalized spacial score (nSPS) is 10.6. The Morgan fingerprint density at radius 3 is 2.68 bits per heavy atom. The number of phenols is 1. The van der Waals surface area contributed by atoms with Crippen molar-refractivity contribution in [1.82, 2.24) is 0 Å². The van der Waals surface area contributed by atoms with Crippen LogP contribution in [0.15, 0.2) is 54.6 Å². The molecule has 0 aliphatic heterocycles. The molecule has 1 amide bonds. The molecule has 5 heteroatoms. The van der Waals surface area contributed by atoms with Gasteiger partial charge in [0.15, 0.2) is 0 Å². The van der Waals surface area contributed by atoms with E-state index in [0.717, 1.165) is 5.39 Å². The number of benzene rings is 3. The van der Waals surface area contributed by atoms with Crippen LogP contribution in [-0.2, 0) is 0 Å². The molecule has 0 unspecified atom stereocenters. The van der Waals surface area contributed by atoms with Crippen LogP contribution in [0.4, 0.5) is 15.8 Å². The molecule has 0 radical (unpaired) electrons. The zero-order valence-corrected chi connectivity index (χ0v) is 11.5. The Labute approximate surface area is 126 Å². The minimum absolute atomic E-state index is 0.0300. The first-order valence-corrected chi connectivity index (χ1v) is 6.63. The third-order valence-corrected chi connectivity index (χ3v) is 3.38. The third kappa shape index (κ3) is 2.44.